The van der Waals surface area contributed by atoms with Crippen molar-refractivity contribution in [2.45, 2.75) is 19.3 Å². The van der Waals surface area contributed by atoms with Crippen molar-refractivity contribution < 1.29 is 9.52 Å². The van der Waals surface area contributed by atoms with E-state index in [1.807, 2.05) is 18.2 Å². The first-order chi connectivity index (χ1) is 14.1. The molecule has 0 spiro atoms. The highest BCUT2D eigenvalue weighted by Crippen LogP contribution is 2.53. The Morgan fingerprint density at radius 3 is 2.24 bits per heavy atom. The summed E-state index contributed by atoms with van der Waals surface area (Å²) in [5.41, 5.74) is 9.25. The molecule has 0 saturated carbocycles. The number of phenols is 1. The van der Waals surface area contributed by atoms with Crippen molar-refractivity contribution in [1.29, 1.82) is 0 Å². The van der Waals surface area contributed by atoms with Crippen molar-refractivity contribution in [3.8, 4) is 28.0 Å². The maximum atomic E-state index is 9.88. The van der Waals surface area contributed by atoms with E-state index in [0.717, 1.165) is 16.4 Å². The van der Waals surface area contributed by atoms with Crippen LogP contribution < -0.4 is 0 Å². The zero-order valence-corrected chi connectivity index (χ0v) is 16.4. The lowest BCUT2D eigenvalue weighted by Crippen LogP contribution is -2.16. The Kier molecular flexibility index (Phi) is 3.12. The zero-order chi connectivity index (χ0) is 19.8. The maximum absolute atomic E-state index is 9.88. The predicted octanol–water partition coefficient (Wildman–Crippen LogP) is 7.26. The second-order valence-electron chi connectivity index (χ2n) is 8.36. The summed E-state index contributed by atoms with van der Waals surface area (Å²) in [7, 11) is 0. The van der Waals surface area contributed by atoms with Crippen molar-refractivity contribution in [3.63, 3.8) is 0 Å². The van der Waals surface area contributed by atoms with Crippen LogP contribution in [-0.4, -0.2) is 5.11 Å². The fourth-order valence-electron chi connectivity index (χ4n) is 5.11. The molecule has 1 aliphatic rings. The van der Waals surface area contributed by atoms with E-state index in [1.165, 1.54) is 33.4 Å². The van der Waals surface area contributed by atoms with Gasteiger partial charge in [-0.1, -0.05) is 68.4 Å². The topological polar surface area (TPSA) is 33.4 Å². The van der Waals surface area contributed by atoms with Gasteiger partial charge in [-0.2, -0.15) is 0 Å². The minimum atomic E-state index is -0.0809. The Morgan fingerprint density at radius 2 is 1.38 bits per heavy atom. The lowest BCUT2D eigenvalue weighted by atomic mass is 9.78. The summed E-state index contributed by atoms with van der Waals surface area (Å²) in [6.45, 7) is 4.62. The first-order valence-corrected chi connectivity index (χ1v) is 9.94. The third-order valence-corrected chi connectivity index (χ3v) is 6.35. The molecule has 1 aliphatic carbocycles. The Bertz CT molecular complexity index is 1440. The molecule has 1 heterocycles. The maximum Gasteiger partial charge on any atom is 0.139 e. The highest BCUT2D eigenvalue weighted by atomic mass is 16.3. The molecule has 0 atom stereocenters. The molecule has 0 unspecified atom stereocenters. The van der Waals surface area contributed by atoms with E-state index in [-0.39, 0.29) is 11.2 Å². The fourth-order valence-corrected chi connectivity index (χ4v) is 5.11. The average molecular weight is 376 g/mol. The Hall–Kier alpha value is -3.52. The Morgan fingerprint density at radius 1 is 0.690 bits per heavy atom. The van der Waals surface area contributed by atoms with E-state index in [1.54, 1.807) is 12.1 Å². The number of fused-ring (bicyclic) bond motifs is 6. The Balaban J connectivity index is 1.72. The number of hydrogen-bond donors (Lipinski definition) is 1. The molecule has 0 fully saturated rings. The molecule has 0 bridgehead atoms. The molecule has 1 N–H and O–H groups in total. The van der Waals surface area contributed by atoms with E-state index < -0.39 is 0 Å². The SMILES string of the molecule is CC1(C)c2ccccc2-c2cccc(-c3cccc4oc5cc(O)ccc5c34)c21. The van der Waals surface area contributed by atoms with Crippen LogP contribution in [0.15, 0.2) is 83.3 Å². The van der Waals surface area contributed by atoms with Crippen LogP contribution in [0.2, 0.25) is 0 Å². The van der Waals surface area contributed by atoms with Gasteiger partial charge in [0.25, 0.3) is 0 Å². The van der Waals surface area contributed by atoms with Crippen LogP contribution in [0.25, 0.3) is 44.2 Å². The third kappa shape index (κ3) is 2.11. The lowest BCUT2D eigenvalue weighted by Gasteiger charge is -2.24. The van der Waals surface area contributed by atoms with Crippen LogP contribution >= 0.6 is 0 Å². The minimum Gasteiger partial charge on any atom is -0.508 e. The summed E-state index contributed by atoms with van der Waals surface area (Å²) in [6.07, 6.45) is 0. The number of phenolic OH excluding ortho intramolecular Hbond substituents is 1. The Labute approximate surface area is 169 Å². The van der Waals surface area contributed by atoms with Gasteiger partial charge in [-0.15, -0.1) is 0 Å². The summed E-state index contributed by atoms with van der Waals surface area (Å²) in [5, 5.41) is 12.0. The number of hydrogen-bond acceptors (Lipinski definition) is 2. The molecule has 0 saturated heterocycles. The van der Waals surface area contributed by atoms with E-state index in [0.29, 0.717) is 5.58 Å². The number of rotatable bonds is 1. The monoisotopic (exact) mass is 376 g/mol. The van der Waals surface area contributed by atoms with Gasteiger partial charge in [0, 0.05) is 22.3 Å². The van der Waals surface area contributed by atoms with Gasteiger partial charge in [0.05, 0.1) is 0 Å². The summed E-state index contributed by atoms with van der Waals surface area (Å²) in [4.78, 5) is 0. The molecule has 5 aromatic rings. The van der Waals surface area contributed by atoms with Crippen LogP contribution in [0.4, 0.5) is 0 Å². The molecule has 1 aromatic heterocycles. The van der Waals surface area contributed by atoms with Crippen LogP contribution in [0, 0.1) is 0 Å². The summed E-state index contributed by atoms with van der Waals surface area (Å²) in [5.74, 6) is 0.218. The van der Waals surface area contributed by atoms with Gasteiger partial charge >= 0.3 is 0 Å². The predicted molar refractivity (Wildman–Crippen MR) is 118 cm³/mol. The normalized spacial score (nSPS) is 14.3. The van der Waals surface area contributed by atoms with Crippen LogP contribution in [-0.2, 0) is 5.41 Å². The molecule has 2 heteroatoms. The molecule has 2 nitrogen and oxygen atoms in total. The van der Waals surface area contributed by atoms with Crippen molar-refractivity contribution in [3.05, 3.63) is 90.0 Å². The van der Waals surface area contributed by atoms with Gasteiger partial charge < -0.3 is 9.52 Å². The summed E-state index contributed by atoms with van der Waals surface area (Å²) >= 11 is 0. The standard InChI is InChI=1S/C27H20O2/c1-27(2)22-11-4-3-7-17(22)19-9-5-10-20(26(19)27)18-8-6-12-23-25(18)21-14-13-16(28)15-24(21)29-23/h3-15,28H,1-2H3. The van der Waals surface area contributed by atoms with Crippen LogP contribution in [0.5, 0.6) is 5.75 Å². The largest absolute Gasteiger partial charge is 0.508 e. The van der Waals surface area contributed by atoms with E-state index >= 15 is 0 Å². The van der Waals surface area contributed by atoms with Crippen molar-refractivity contribution in [2.24, 2.45) is 0 Å². The summed E-state index contributed by atoms with van der Waals surface area (Å²) in [6, 6.07) is 26.9. The van der Waals surface area contributed by atoms with Gasteiger partial charge in [-0.3, -0.25) is 0 Å². The van der Waals surface area contributed by atoms with E-state index in [2.05, 4.69) is 62.4 Å². The van der Waals surface area contributed by atoms with Crippen molar-refractivity contribution >= 4 is 21.9 Å². The second-order valence-corrected chi connectivity index (χ2v) is 8.36. The van der Waals surface area contributed by atoms with Crippen molar-refractivity contribution in [1.82, 2.24) is 0 Å². The molecule has 4 aromatic carbocycles. The molecule has 6 rings (SSSR count). The fraction of sp³-hybridized carbons (Fsp3) is 0.111. The molecule has 0 radical (unpaired) electrons. The average Bonchev–Trinajstić information content (AvgIpc) is 3.21. The summed E-state index contributed by atoms with van der Waals surface area (Å²) < 4.78 is 6.07. The second kappa shape index (κ2) is 5.51. The number of aromatic hydroxyl groups is 1. The van der Waals surface area contributed by atoms with Gasteiger partial charge in [-0.25, -0.2) is 0 Å². The molecule has 140 valence electrons. The first kappa shape index (κ1) is 16.4. The first-order valence-electron chi connectivity index (χ1n) is 9.94. The van der Waals surface area contributed by atoms with Gasteiger partial charge in [-0.05, 0) is 51.6 Å². The highest BCUT2D eigenvalue weighted by Gasteiger charge is 2.37. The molecular weight excluding hydrogens is 356 g/mol. The van der Waals surface area contributed by atoms with Gasteiger partial charge in [0.2, 0.25) is 0 Å². The van der Waals surface area contributed by atoms with Crippen LogP contribution in [0.1, 0.15) is 25.0 Å². The number of benzene rings is 4. The van der Waals surface area contributed by atoms with Gasteiger partial charge in [0.15, 0.2) is 0 Å². The molecule has 29 heavy (non-hydrogen) atoms. The van der Waals surface area contributed by atoms with Crippen LogP contribution in [0.3, 0.4) is 0 Å². The van der Waals surface area contributed by atoms with E-state index in [4.69, 9.17) is 4.42 Å². The smallest absolute Gasteiger partial charge is 0.139 e. The molecule has 0 aliphatic heterocycles. The van der Waals surface area contributed by atoms with Crippen molar-refractivity contribution in [2.75, 3.05) is 0 Å². The lowest BCUT2D eigenvalue weighted by molar-refractivity contribution is 0.475. The van der Waals surface area contributed by atoms with E-state index in [9.17, 15) is 5.11 Å². The zero-order valence-electron chi connectivity index (χ0n) is 16.4. The van der Waals surface area contributed by atoms with Gasteiger partial charge in [0.1, 0.15) is 16.9 Å². The highest BCUT2D eigenvalue weighted by molar-refractivity contribution is 6.13. The third-order valence-electron chi connectivity index (χ3n) is 6.35. The minimum absolute atomic E-state index is 0.0809. The molecule has 0 amide bonds. The molecular formula is C27H20O2. The quantitative estimate of drug-likeness (QED) is 0.334. The number of furan rings is 1.